The minimum atomic E-state index is -0.902. The highest BCUT2D eigenvalue weighted by Crippen LogP contribution is 2.40. The normalized spacial score (nSPS) is 17.5. The van der Waals surface area contributed by atoms with Crippen molar-refractivity contribution < 1.29 is 23.5 Å². The molecule has 1 atom stereocenters. The fourth-order valence-electron chi connectivity index (χ4n) is 2.94. The number of carbonyl (C=O) groups excluding carboxylic acids is 2. The van der Waals surface area contributed by atoms with E-state index in [-0.39, 0.29) is 22.8 Å². The van der Waals surface area contributed by atoms with Crippen LogP contribution in [0.1, 0.15) is 39.2 Å². The van der Waals surface area contributed by atoms with E-state index in [0.29, 0.717) is 11.4 Å². The second kappa shape index (κ2) is 7.51. The van der Waals surface area contributed by atoms with Gasteiger partial charge >= 0.3 is 11.9 Å². The Morgan fingerprint density at radius 3 is 2.16 bits per heavy atom. The summed E-state index contributed by atoms with van der Waals surface area (Å²) in [6.07, 6.45) is -0.345. The third-order valence-corrected chi connectivity index (χ3v) is 3.94. The fraction of sp³-hybridized carbons (Fsp3) is 0.368. The monoisotopic (exact) mass is 347 g/mol. The highest BCUT2D eigenvalue weighted by molar-refractivity contribution is 5.99. The lowest BCUT2D eigenvalue weighted by molar-refractivity contribution is -0.143. The van der Waals surface area contributed by atoms with Gasteiger partial charge in [-0.15, -0.1) is 0 Å². The molecule has 1 N–H and O–H groups in total. The number of hydrogen-bond donors (Lipinski definition) is 1. The second-order valence-electron chi connectivity index (χ2n) is 6.10. The van der Waals surface area contributed by atoms with Crippen molar-refractivity contribution >= 4 is 11.9 Å². The van der Waals surface area contributed by atoms with E-state index in [1.165, 1.54) is 13.2 Å². The molecule has 1 aromatic carbocycles. The molecule has 2 rings (SSSR count). The maximum absolute atomic E-state index is 14.5. The van der Waals surface area contributed by atoms with Crippen molar-refractivity contribution in [2.24, 2.45) is 0 Å². The first-order chi connectivity index (χ1) is 11.8. The number of benzene rings is 1. The molecule has 1 unspecified atom stereocenters. The van der Waals surface area contributed by atoms with Gasteiger partial charge in [-0.25, -0.2) is 14.0 Å². The average molecular weight is 347 g/mol. The number of ether oxygens (including phenoxy) is 2. The Morgan fingerprint density at radius 2 is 1.64 bits per heavy atom. The van der Waals surface area contributed by atoms with Crippen LogP contribution < -0.4 is 5.32 Å². The Morgan fingerprint density at radius 1 is 1.08 bits per heavy atom. The Hall–Kier alpha value is -2.63. The van der Waals surface area contributed by atoms with Gasteiger partial charge in [0.1, 0.15) is 5.82 Å². The van der Waals surface area contributed by atoms with Crippen LogP contribution in [-0.4, -0.2) is 25.2 Å². The largest absolute Gasteiger partial charge is 0.466 e. The zero-order valence-corrected chi connectivity index (χ0v) is 15.0. The molecule has 134 valence electrons. The summed E-state index contributed by atoms with van der Waals surface area (Å²) in [7, 11) is 1.25. The lowest BCUT2D eigenvalue weighted by Crippen LogP contribution is -2.33. The second-order valence-corrected chi connectivity index (χ2v) is 6.10. The minimum absolute atomic E-state index is 0.189. The number of hydrogen-bond acceptors (Lipinski definition) is 5. The van der Waals surface area contributed by atoms with E-state index in [9.17, 15) is 14.0 Å². The summed E-state index contributed by atoms with van der Waals surface area (Å²) in [5, 5.41) is 3.00. The Balaban J connectivity index is 2.68. The number of halogens is 1. The quantitative estimate of drug-likeness (QED) is 0.848. The zero-order valence-electron chi connectivity index (χ0n) is 15.0. The van der Waals surface area contributed by atoms with Crippen molar-refractivity contribution in [1.29, 1.82) is 0 Å². The van der Waals surface area contributed by atoms with Crippen LogP contribution in [0.4, 0.5) is 4.39 Å². The molecule has 1 aliphatic heterocycles. The SMILES string of the molecule is COC(=O)C1=C(C)NC(C)=C(C(=O)OC(C)C)C1c1ccccc1F. The molecule has 0 fully saturated rings. The number of methoxy groups -OCH3 is 1. The van der Waals surface area contributed by atoms with Crippen molar-refractivity contribution in [3.8, 4) is 0 Å². The van der Waals surface area contributed by atoms with E-state index in [2.05, 4.69) is 5.32 Å². The lowest BCUT2D eigenvalue weighted by atomic mass is 9.80. The van der Waals surface area contributed by atoms with Gasteiger partial charge in [0.25, 0.3) is 0 Å². The standard InChI is InChI=1S/C19H22FNO4/c1-10(2)25-19(23)16-12(4)21-11(3)15(18(22)24-5)17(16)13-8-6-7-9-14(13)20/h6-10,17,21H,1-5H3. The van der Waals surface area contributed by atoms with E-state index in [1.807, 2.05) is 0 Å². The average Bonchev–Trinajstić information content (AvgIpc) is 2.53. The highest BCUT2D eigenvalue weighted by Gasteiger charge is 2.39. The van der Waals surface area contributed by atoms with Gasteiger partial charge in [0.05, 0.1) is 30.3 Å². The molecule has 5 nitrogen and oxygen atoms in total. The molecule has 0 spiro atoms. The number of allylic oxidation sites excluding steroid dienone is 2. The molecule has 25 heavy (non-hydrogen) atoms. The first-order valence-corrected chi connectivity index (χ1v) is 8.00. The molecule has 0 aliphatic carbocycles. The van der Waals surface area contributed by atoms with Gasteiger partial charge in [0.15, 0.2) is 0 Å². The van der Waals surface area contributed by atoms with Crippen LogP contribution in [-0.2, 0) is 19.1 Å². The summed E-state index contributed by atoms with van der Waals surface area (Å²) in [6, 6.07) is 6.06. The van der Waals surface area contributed by atoms with Crippen molar-refractivity contribution in [2.75, 3.05) is 7.11 Å². The number of esters is 2. The predicted octanol–water partition coefficient (Wildman–Crippen LogP) is 3.19. The highest BCUT2D eigenvalue weighted by atomic mass is 19.1. The van der Waals surface area contributed by atoms with Crippen LogP contribution in [0.25, 0.3) is 0 Å². The molecule has 0 saturated heterocycles. The molecular formula is C19H22FNO4. The summed E-state index contributed by atoms with van der Waals surface area (Å²) in [5.74, 6) is -2.63. The number of nitrogens with one attached hydrogen (secondary N) is 1. The van der Waals surface area contributed by atoms with Crippen LogP contribution >= 0.6 is 0 Å². The van der Waals surface area contributed by atoms with Crippen LogP contribution in [0.2, 0.25) is 0 Å². The first kappa shape index (κ1) is 18.7. The van der Waals surface area contributed by atoms with Crippen LogP contribution in [0.15, 0.2) is 46.8 Å². The Bertz CT molecular complexity index is 764. The van der Waals surface area contributed by atoms with Crippen LogP contribution in [0, 0.1) is 5.82 Å². The molecule has 0 aromatic heterocycles. The van der Waals surface area contributed by atoms with Crippen molar-refractivity contribution in [1.82, 2.24) is 5.32 Å². The smallest absolute Gasteiger partial charge is 0.337 e. The third kappa shape index (κ3) is 3.73. The van der Waals surface area contributed by atoms with Crippen LogP contribution in [0.3, 0.4) is 0 Å². The number of rotatable bonds is 4. The summed E-state index contributed by atoms with van der Waals surface area (Å²) in [5.41, 5.74) is 1.64. The zero-order chi connectivity index (χ0) is 18.7. The molecule has 1 heterocycles. The molecule has 0 amide bonds. The molecule has 0 radical (unpaired) electrons. The summed E-state index contributed by atoms with van der Waals surface area (Å²) in [6.45, 7) is 6.84. The first-order valence-electron chi connectivity index (χ1n) is 8.00. The summed E-state index contributed by atoms with van der Waals surface area (Å²) >= 11 is 0. The fourth-order valence-corrected chi connectivity index (χ4v) is 2.94. The van der Waals surface area contributed by atoms with Gasteiger partial charge in [0, 0.05) is 17.0 Å². The molecule has 6 heteroatoms. The summed E-state index contributed by atoms with van der Waals surface area (Å²) in [4.78, 5) is 25.0. The Labute approximate surface area is 146 Å². The third-order valence-electron chi connectivity index (χ3n) is 3.94. The topological polar surface area (TPSA) is 64.6 Å². The van der Waals surface area contributed by atoms with Gasteiger partial charge in [-0.2, -0.15) is 0 Å². The van der Waals surface area contributed by atoms with Crippen LogP contribution in [0.5, 0.6) is 0 Å². The lowest BCUT2D eigenvalue weighted by Gasteiger charge is -2.30. The molecule has 0 saturated carbocycles. The van der Waals surface area contributed by atoms with Gasteiger partial charge in [-0.1, -0.05) is 18.2 Å². The number of carbonyl (C=O) groups is 2. The molecular weight excluding hydrogens is 325 g/mol. The molecule has 0 bridgehead atoms. The predicted molar refractivity (Wildman–Crippen MR) is 90.9 cm³/mol. The van der Waals surface area contributed by atoms with E-state index >= 15 is 0 Å². The maximum Gasteiger partial charge on any atom is 0.337 e. The van der Waals surface area contributed by atoms with Gasteiger partial charge in [-0.3, -0.25) is 0 Å². The van der Waals surface area contributed by atoms with Gasteiger partial charge in [-0.05, 0) is 33.8 Å². The van der Waals surface area contributed by atoms with Crippen molar-refractivity contribution in [3.05, 3.63) is 58.2 Å². The van der Waals surface area contributed by atoms with E-state index in [1.54, 1.807) is 45.9 Å². The number of dihydropyridines is 1. The molecule has 1 aromatic rings. The molecule has 1 aliphatic rings. The van der Waals surface area contributed by atoms with Gasteiger partial charge < -0.3 is 14.8 Å². The van der Waals surface area contributed by atoms with Gasteiger partial charge in [0.2, 0.25) is 0 Å². The maximum atomic E-state index is 14.5. The minimum Gasteiger partial charge on any atom is -0.466 e. The van der Waals surface area contributed by atoms with Crippen molar-refractivity contribution in [3.63, 3.8) is 0 Å². The van der Waals surface area contributed by atoms with E-state index in [0.717, 1.165) is 0 Å². The van der Waals surface area contributed by atoms with Crippen molar-refractivity contribution in [2.45, 2.75) is 39.7 Å². The van der Waals surface area contributed by atoms with E-state index in [4.69, 9.17) is 9.47 Å². The summed E-state index contributed by atoms with van der Waals surface area (Å²) < 4.78 is 24.7. The Kier molecular flexibility index (Phi) is 5.62. The van der Waals surface area contributed by atoms with E-state index < -0.39 is 23.7 Å².